The summed E-state index contributed by atoms with van der Waals surface area (Å²) in [5.41, 5.74) is -1.60. The maximum Gasteiger partial charge on any atom is 0.417 e. The fraction of sp³-hybridized carbons (Fsp3) is 0.650. The number of carbonyl (C=O) groups excluding carboxylic acids is 2. The van der Waals surface area contributed by atoms with Crippen molar-refractivity contribution in [2.75, 3.05) is 26.2 Å². The molecule has 29 heavy (non-hydrogen) atoms. The molecule has 6 nitrogen and oxygen atoms in total. The van der Waals surface area contributed by atoms with Gasteiger partial charge in [-0.1, -0.05) is 0 Å². The van der Waals surface area contributed by atoms with Crippen LogP contribution < -0.4 is 0 Å². The van der Waals surface area contributed by atoms with Crippen molar-refractivity contribution in [3.05, 3.63) is 29.6 Å². The second-order valence-corrected chi connectivity index (χ2v) is 8.51. The highest BCUT2D eigenvalue weighted by molar-refractivity contribution is 5.92. The summed E-state index contributed by atoms with van der Waals surface area (Å²) < 4.78 is 38.0. The zero-order valence-corrected chi connectivity index (χ0v) is 16.0. The van der Waals surface area contributed by atoms with Gasteiger partial charge in [-0.15, -0.1) is 0 Å². The third-order valence-electron chi connectivity index (χ3n) is 6.29. The molecule has 1 unspecified atom stereocenters. The van der Waals surface area contributed by atoms with Crippen molar-refractivity contribution in [3.63, 3.8) is 0 Å². The Bertz CT molecular complexity index is 782. The van der Waals surface area contributed by atoms with E-state index >= 15 is 0 Å². The van der Waals surface area contributed by atoms with Gasteiger partial charge in [-0.25, -0.2) is 0 Å². The number of alkyl halides is 3. The maximum atomic E-state index is 13.1. The Kier molecular flexibility index (Phi) is 5.04. The Balaban J connectivity index is 1.41. The van der Waals surface area contributed by atoms with Crippen LogP contribution in [0.15, 0.2) is 18.3 Å². The average Bonchev–Trinajstić information content (AvgIpc) is 3.49. The number of halogens is 3. The minimum absolute atomic E-state index is 0.0423. The summed E-state index contributed by atoms with van der Waals surface area (Å²) in [6, 6.07) is 1.94. The molecule has 1 atom stereocenters. The zero-order valence-electron chi connectivity index (χ0n) is 16.0. The monoisotopic (exact) mass is 411 g/mol. The summed E-state index contributed by atoms with van der Waals surface area (Å²) in [5, 5.41) is 10.3. The minimum Gasteiger partial charge on any atom is -0.391 e. The van der Waals surface area contributed by atoms with Crippen LogP contribution in [0.25, 0.3) is 0 Å². The number of aromatic nitrogens is 1. The van der Waals surface area contributed by atoms with Crippen molar-refractivity contribution in [1.82, 2.24) is 14.8 Å². The molecule has 1 aliphatic carbocycles. The highest BCUT2D eigenvalue weighted by atomic mass is 19.4. The lowest BCUT2D eigenvalue weighted by Crippen LogP contribution is -2.58. The van der Waals surface area contributed by atoms with Crippen LogP contribution in [0.1, 0.15) is 48.2 Å². The van der Waals surface area contributed by atoms with E-state index in [1.165, 1.54) is 4.90 Å². The van der Waals surface area contributed by atoms with Crippen molar-refractivity contribution in [2.24, 2.45) is 11.3 Å². The first-order valence-electron chi connectivity index (χ1n) is 9.98. The van der Waals surface area contributed by atoms with Crippen LogP contribution in [0.2, 0.25) is 0 Å². The first-order valence-corrected chi connectivity index (χ1v) is 9.98. The fourth-order valence-corrected chi connectivity index (χ4v) is 4.45. The topological polar surface area (TPSA) is 73.7 Å². The molecule has 158 valence electrons. The normalized spacial score (nSPS) is 24.8. The third-order valence-corrected chi connectivity index (χ3v) is 6.29. The molecule has 0 radical (unpaired) electrons. The van der Waals surface area contributed by atoms with Crippen LogP contribution in [0.3, 0.4) is 0 Å². The number of hydrogen-bond donors (Lipinski definition) is 1. The average molecular weight is 411 g/mol. The van der Waals surface area contributed by atoms with E-state index in [2.05, 4.69) is 4.98 Å². The molecule has 2 saturated heterocycles. The summed E-state index contributed by atoms with van der Waals surface area (Å²) in [4.78, 5) is 32.7. The van der Waals surface area contributed by atoms with Gasteiger partial charge < -0.3 is 14.9 Å². The fourth-order valence-electron chi connectivity index (χ4n) is 4.45. The van der Waals surface area contributed by atoms with Gasteiger partial charge in [0, 0.05) is 32.4 Å². The molecule has 0 aromatic carbocycles. The van der Waals surface area contributed by atoms with E-state index in [0.29, 0.717) is 57.6 Å². The number of nitrogens with zero attached hydrogens (tertiary/aromatic N) is 3. The van der Waals surface area contributed by atoms with Crippen LogP contribution in [-0.2, 0) is 11.0 Å². The number of carbonyl (C=O) groups is 2. The Labute approximate surface area is 166 Å². The summed E-state index contributed by atoms with van der Waals surface area (Å²) in [6.45, 7) is 1.69. The molecule has 3 aliphatic rings. The highest BCUT2D eigenvalue weighted by Gasteiger charge is 2.49. The van der Waals surface area contributed by atoms with E-state index in [1.54, 1.807) is 4.90 Å². The van der Waals surface area contributed by atoms with Gasteiger partial charge in [-0.3, -0.25) is 14.6 Å². The lowest BCUT2D eigenvalue weighted by atomic mass is 9.70. The van der Waals surface area contributed by atoms with E-state index in [0.717, 1.165) is 25.0 Å². The molecule has 1 N–H and O–H groups in total. The van der Waals surface area contributed by atoms with Gasteiger partial charge in [0.15, 0.2) is 0 Å². The molecular weight excluding hydrogens is 387 g/mol. The van der Waals surface area contributed by atoms with Crippen LogP contribution in [-0.4, -0.2) is 64.0 Å². The van der Waals surface area contributed by atoms with E-state index in [9.17, 15) is 27.9 Å². The maximum absolute atomic E-state index is 13.1. The quantitative estimate of drug-likeness (QED) is 0.829. The smallest absolute Gasteiger partial charge is 0.391 e. The zero-order chi connectivity index (χ0) is 20.8. The summed E-state index contributed by atoms with van der Waals surface area (Å²) in [7, 11) is 0. The van der Waals surface area contributed by atoms with Crippen molar-refractivity contribution in [1.29, 1.82) is 0 Å². The molecule has 1 aromatic heterocycles. The predicted molar refractivity (Wildman–Crippen MR) is 96.7 cm³/mol. The molecule has 9 heteroatoms. The van der Waals surface area contributed by atoms with Crippen LogP contribution in [0, 0.1) is 11.3 Å². The van der Waals surface area contributed by atoms with Crippen molar-refractivity contribution < 1.29 is 27.9 Å². The molecule has 3 heterocycles. The number of aliphatic hydroxyl groups excluding tert-OH is 1. The Morgan fingerprint density at radius 3 is 2.48 bits per heavy atom. The van der Waals surface area contributed by atoms with Gasteiger partial charge in [0.2, 0.25) is 5.91 Å². The van der Waals surface area contributed by atoms with Crippen molar-refractivity contribution >= 4 is 11.8 Å². The van der Waals surface area contributed by atoms with Crippen molar-refractivity contribution in [3.8, 4) is 0 Å². The minimum atomic E-state index is -4.50. The number of hydrogen-bond acceptors (Lipinski definition) is 4. The first-order chi connectivity index (χ1) is 13.7. The van der Waals surface area contributed by atoms with Gasteiger partial charge in [0.1, 0.15) is 5.69 Å². The molecule has 1 aromatic rings. The van der Waals surface area contributed by atoms with E-state index in [-0.39, 0.29) is 11.6 Å². The molecule has 3 fully saturated rings. The number of likely N-dealkylation sites (tertiary alicyclic amines) is 2. The molecule has 1 saturated carbocycles. The summed E-state index contributed by atoms with van der Waals surface area (Å²) in [5.74, 6) is 0.162. The van der Waals surface area contributed by atoms with Crippen LogP contribution >= 0.6 is 0 Å². The highest BCUT2D eigenvalue weighted by Crippen LogP contribution is 2.42. The van der Waals surface area contributed by atoms with Gasteiger partial charge >= 0.3 is 6.18 Å². The second kappa shape index (κ2) is 7.27. The predicted octanol–water partition coefficient (Wildman–Crippen LogP) is 2.33. The second-order valence-electron chi connectivity index (χ2n) is 8.51. The van der Waals surface area contributed by atoms with Crippen molar-refractivity contribution in [2.45, 2.75) is 44.4 Å². The SMILES string of the molecule is O=C(c1ccc(C(F)(F)F)cn1)N1CCC2(CC1)CC(O)CN(CC1CC1)C2=O. The number of amides is 2. The Hall–Kier alpha value is -2.16. The largest absolute Gasteiger partial charge is 0.417 e. The molecular formula is C20H24F3N3O3. The Morgan fingerprint density at radius 1 is 1.24 bits per heavy atom. The Morgan fingerprint density at radius 2 is 1.93 bits per heavy atom. The number of piperidine rings is 2. The number of rotatable bonds is 3. The number of aliphatic hydroxyl groups is 1. The molecule has 1 spiro atoms. The molecule has 2 aliphatic heterocycles. The number of β-amino-alcohol motifs (C(OH)–C–C–N with tert-alkyl or cyclic N) is 1. The van der Waals surface area contributed by atoms with E-state index < -0.39 is 29.2 Å². The number of pyridine rings is 1. The lowest BCUT2D eigenvalue weighted by Gasteiger charge is -2.48. The van der Waals surface area contributed by atoms with E-state index in [4.69, 9.17) is 0 Å². The van der Waals surface area contributed by atoms with Gasteiger partial charge in [0.25, 0.3) is 5.91 Å². The van der Waals surface area contributed by atoms with Crippen LogP contribution in [0.5, 0.6) is 0 Å². The first kappa shape index (κ1) is 20.1. The lowest BCUT2D eigenvalue weighted by molar-refractivity contribution is -0.156. The van der Waals surface area contributed by atoms with E-state index in [1.807, 2.05) is 0 Å². The molecule has 0 bridgehead atoms. The summed E-state index contributed by atoms with van der Waals surface area (Å²) in [6.07, 6.45) is -0.883. The summed E-state index contributed by atoms with van der Waals surface area (Å²) >= 11 is 0. The van der Waals surface area contributed by atoms with Crippen LogP contribution in [0.4, 0.5) is 13.2 Å². The van der Waals surface area contributed by atoms with Gasteiger partial charge in [-0.05, 0) is 50.2 Å². The van der Waals surface area contributed by atoms with Gasteiger partial charge in [0.05, 0.1) is 17.1 Å². The third kappa shape index (κ3) is 4.10. The van der Waals surface area contributed by atoms with Gasteiger partial charge in [-0.2, -0.15) is 13.2 Å². The molecule has 4 rings (SSSR count). The standard InChI is InChI=1S/C20H24F3N3O3/c21-20(22,23)14-3-4-16(24-10-14)17(28)25-7-5-19(6-8-25)9-15(27)12-26(18(19)29)11-13-1-2-13/h3-4,10,13,15,27H,1-2,5-9,11-12H2. The molecule has 2 amide bonds.